The molecule has 5 nitrogen and oxygen atoms in total. The molecule has 1 heterocycles. The average Bonchev–Trinajstić information content (AvgIpc) is 2.61. The van der Waals surface area contributed by atoms with E-state index in [0.717, 1.165) is 11.1 Å². The number of ether oxygens (including phenoxy) is 3. The smallest absolute Gasteiger partial charge is 0.338 e. The Morgan fingerprint density at radius 2 is 1.62 bits per heavy atom. The summed E-state index contributed by atoms with van der Waals surface area (Å²) < 4.78 is 16.0. The summed E-state index contributed by atoms with van der Waals surface area (Å²) in [5.41, 5.74) is 3.00. The number of carbonyl (C=O) groups is 2. The molecule has 3 rings (SSSR count). The van der Waals surface area contributed by atoms with Gasteiger partial charge < -0.3 is 14.2 Å². The Hall–Kier alpha value is -2.82. The fourth-order valence-corrected chi connectivity index (χ4v) is 2.38. The minimum Gasteiger partial charge on any atom is -0.486 e. The predicted octanol–water partition coefficient (Wildman–Crippen LogP) is 3.11. The van der Waals surface area contributed by atoms with Crippen molar-refractivity contribution in [1.29, 1.82) is 0 Å². The van der Waals surface area contributed by atoms with Gasteiger partial charge in [0.05, 0.1) is 5.56 Å². The van der Waals surface area contributed by atoms with Crippen LogP contribution >= 0.6 is 0 Å². The second-order valence-electron chi connectivity index (χ2n) is 5.66. The van der Waals surface area contributed by atoms with Crippen molar-refractivity contribution < 1.29 is 23.8 Å². The van der Waals surface area contributed by atoms with E-state index in [-0.39, 0.29) is 12.4 Å². The van der Waals surface area contributed by atoms with Gasteiger partial charge in [-0.15, -0.1) is 0 Å². The van der Waals surface area contributed by atoms with Crippen molar-refractivity contribution in [3.8, 4) is 11.5 Å². The van der Waals surface area contributed by atoms with Crippen LogP contribution in [0.5, 0.6) is 11.5 Å². The zero-order chi connectivity index (χ0) is 17.1. The Balaban J connectivity index is 1.64. The molecule has 1 aliphatic heterocycles. The molecule has 0 radical (unpaired) electrons. The van der Waals surface area contributed by atoms with Crippen LogP contribution in [-0.4, -0.2) is 31.6 Å². The van der Waals surface area contributed by atoms with Gasteiger partial charge in [-0.25, -0.2) is 4.79 Å². The van der Waals surface area contributed by atoms with Gasteiger partial charge in [0.2, 0.25) is 0 Å². The van der Waals surface area contributed by atoms with E-state index >= 15 is 0 Å². The van der Waals surface area contributed by atoms with Crippen molar-refractivity contribution in [3.05, 3.63) is 58.7 Å². The van der Waals surface area contributed by atoms with E-state index in [9.17, 15) is 9.59 Å². The van der Waals surface area contributed by atoms with Crippen LogP contribution in [0.15, 0.2) is 36.4 Å². The molecule has 0 bridgehead atoms. The SMILES string of the molecule is Cc1ccc(C(=O)COC(=O)c2ccc3c(c2)OCCO3)cc1C. The maximum absolute atomic E-state index is 12.2. The molecular formula is C19H18O5. The van der Waals surface area contributed by atoms with Crippen molar-refractivity contribution in [3.63, 3.8) is 0 Å². The second-order valence-corrected chi connectivity index (χ2v) is 5.66. The first kappa shape index (κ1) is 16.1. The van der Waals surface area contributed by atoms with Crippen LogP contribution in [0.3, 0.4) is 0 Å². The lowest BCUT2D eigenvalue weighted by Gasteiger charge is -2.18. The largest absolute Gasteiger partial charge is 0.486 e. The highest BCUT2D eigenvalue weighted by Crippen LogP contribution is 2.30. The number of Topliss-reactive ketones (excluding diaryl/α,β-unsaturated/α-hetero) is 1. The van der Waals surface area contributed by atoms with E-state index in [0.29, 0.717) is 35.8 Å². The molecule has 1 aliphatic rings. The molecule has 0 aliphatic carbocycles. The molecule has 0 amide bonds. The van der Waals surface area contributed by atoms with E-state index in [2.05, 4.69) is 0 Å². The van der Waals surface area contributed by atoms with Gasteiger partial charge in [-0.2, -0.15) is 0 Å². The zero-order valence-corrected chi connectivity index (χ0v) is 13.6. The lowest BCUT2D eigenvalue weighted by molar-refractivity contribution is 0.0474. The molecule has 0 N–H and O–H groups in total. The minimum atomic E-state index is -0.566. The number of carbonyl (C=O) groups excluding carboxylic acids is 2. The number of benzene rings is 2. The average molecular weight is 326 g/mol. The maximum Gasteiger partial charge on any atom is 0.338 e. The van der Waals surface area contributed by atoms with Gasteiger partial charge in [-0.05, 0) is 49.2 Å². The van der Waals surface area contributed by atoms with Crippen molar-refractivity contribution in [2.75, 3.05) is 19.8 Å². The van der Waals surface area contributed by atoms with Crippen molar-refractivity contribution in [2.24, 2.45) is 0 Å². The molecule has 0 spiro atoms. The third-order valence-corrected chi connectivity index (χ3v) is 3.94. The van der Waals surface area contributed by atoms with Gasteiger partial charge in [0.25, 0.3) is 0 Å². The molecule has 0 unspecified atom stereocenters. The molecular weight excluding hydrogens is 308 g/mol. The lowest BCUT2D eigenvalue weighted by atomic mass is 10.0. The monoisotopic (exact) mass is 326 g/mol. The van der Waals surface area contributed by atoms with Crippen LogP contribution in [0.25, 0.3) is 0 Å². The van der Waals surface area contributed by atoms with Crippen LogP contribution in [-0.2, 0) is 4.74 Å². The predicted molar refractivity (Wildman–Crippen MR) is 88.0 cm³/mol. The number of aryl methyl sites for hydroxylation is 2. The summed E-state index contributed by atoms with van der Waals surface area (Å²) in [5, 5.41) is 0. The van der Waals surface area contributed by atoms with Gasteiger partial charge in [0.1, 0.15) is 13.2 Å². The van der Waals surface area contributed by atoms with Crippen LogP contribution in [0.4, 0.5) is 0 Å². The molecule has 0 saturated heterocycles. The minimum absolute atomic E-state index is 0.232. The van der Waals surface area contributed by atoms with Gasteiger partial charge in [-0.3, -0.25) is 4.79 Å². The normalized spacial score (nSPS) is 12.6. The Morgan fingerprint density at radius 3 is 2.38 bits per heavy atom. The molecule has 124 valence electrons. The van der Waals surface area contributed by atoms with Crippen LogP contribution in [0, 0.1) is 13.8 Å². The highest BCUT2D eigenvalue weighted by molar-refractivity contribution is 5.99. The first-order valence-electron chi connectivity index (χ1n) is 7.72. The highest BCUT2D eigenvalue weighted by atomic mass is 16.6. The highest BCUT2D eigenvalue weighted by Gasteiger charge is 2.17. The number of ketones is 1. The number of esters is 1. The zero-order valence-electron chi connectivity index (χ0n) is 13.6. The maximum atomic E-state index is 12.2. The molecule has 2 aromatic carbocycles. The van der Waals surface area contributed by atoms with E-state index in [1.54, 1.807) is 30.3 Å². The molecule has 2 aromatic rings. The van der Waals surface area contributed by atoms with Crippen LogP contribution in [0.2, 0.25) is 0 Å². The summed E-state index contributed by atoms with van der Waals surface area (Å²) >= 11 is 0. The molecule has 24 heavy (non-hydrogen) atoms. The van der Waals surface area contributed by atoms with Crippen molar-refractivity contribution >= 4 is 11.8 Å². The van der Waals surface area contributed by atoms with E-state index in [1.807, 2.05) is 19.9 Å². The Morgan fingerprint density at radius 1 is 0.917 bits per heavy atom. The summed E-state index contributed by atoms with van der Waals surface area (Å²) in [4.78, 5) is 24.3. The van der Waals surface area contributed by atoms with Gasteiger partial charge >= 0.3 is 5.97 Å². The van der Waals surface area contributed by atoms with Crippen LogP contribution < -0.4 is 9.47 Å². The molecule has 0 fully saturated rings. The van der Waals surface area contributed by atoms with E-state index in [4.69, 9.17) is 14.2 Å². The van der Waals surface area contributed by atoms with Gasteiger partial charge in [0, 0.05) is 5.56 Å². The van der Waals surface area contributed by atoms with Crippen LogP contribution in [0.1, 0.15) is 31.8 Å². The first-order valence-corrected chi connectivity index (χ1v) is 7.72. The second kappa shape index (κ2) is 6.74. The first-order chi connectivity index (χ1) is 11.5. The van der Waals surface area contributed by atoms with Crippen molar-refractivity contribution in [1.82, 2.24) is 0 Å². The molecule has 0 saturated carbocycles. The standard InChI is InChI=1S/C19H18O5/c1-12-3-4-14(9-13(12)2)16(20)11-24-19(21)15-5-6-17-18(10-15)23-8-7-22-17/h3-6,9-10H,7-8,11H2,1-2H3. The topological polar surface area (TPSA) is 61.8 Å². The third-order valence-electron chi connectivity index (χ3n) is 3.94. The summed E-state index contributed by atoms with van der Waals surface area (Å²) in [6, 6.07) is 10.2. The van der Waals surface area contributed by atoms with E-state index in [1.165, 1.54) is 0 Å². The Labute approximate surface area is 140 Å². The summed E-state index contributed by atoms with van der Waals surface area (Å²) in [7, 11) is 0. The summed E-state index contributed by atoms with van der Waals surface area (Å²) in [5.74, 6) is 0.313. The third kappa shape index (κ3) is 3.40. The number of fused-ring (bicyclic) bond motifs is 1. The Bertz CT molecular complexity index is 794. The fourth-order valence-electron chi connectivity index (χ4n) is 2.38. The Kier molecular flexibility index (Phi) is 4.51. The van der Waals surface area contributed by atoms with Crippen molar-refractivity contribution in [2.45, 2.75) is 13.8 Å². The molecule has 0 atom stereocenters. The lowest BCUT2D eigenvalue weighted by Crippen LogP contribution is -2.17. The molecule has 0 aromatic heterocycles. The van der Waals surface area contributed by atoms with Gasteiger partial charge in [-0.1, -0.05) is 12.1 Å². The van der Waals surface area contributed by atoms with Gasteiger partial charge in [0.15, 0.2) is 23.9 Å². The summed E-state index contributed by atoms with van der Waals surface area (Å²) in [6.07, 6.45) is 0. The summed E-state index contributed by atoms with van der Waals surface area (Å²) in [6.45, 7) is 4.55. The fraction of sp³-hybridized carbons (Fsp3) is 0.263. The number of hydrogen-bond donors (Lipinski definition) is 0. The molecule has 5 heteroatoms. The van der Waals surface area contributed by atoms with E-state index < -0.39 is 5.97 Å². The quantitative estimate of drug-likeness (QED) is 0.638. The number of hydrogen-bond acceptors (Lipinski definition) is 5. The number of rotatable bonds is 4.